The molecule has 1 saturated heterocycles. The molecule has 1 fully saturated rings. The number of amides is 1. The number of fused-ring (bicyclic) bond motifs is 5. The van der Waals surface area contributed by atoms with Crippen molar-refractivity contribution in [3.05, 3.63) is 88.6 Å². The predicted molar refractivity (Wildman–Crippen MR) is 154 cm³/mol. The first-order chi connectivity index (χ1) is 19.2. The number of para-hydroxylation sites is 1. The van der Waals surface area contributed by atoms with Gasteiger partial charge in [-0.1, -0.05) is 24.3 Å². The van der Waals surface area contributed by atoms with Gasteiger partial charge >= 0.3 is 0 Å². The second-order valence-corrected chi connectivity index (χ2v) is 11.0. The number of benzene rings is 1. The number of hydrogen-bond acceptors (Lipinski definition) is 8. The summed E-state index contributed by atoms with van der Waals surface area (Å²) in [5.41, 5.74) is 2.40. The van der Waals surface area contributed by atoms with E-state index in [4.69, 9.17) is 4.98 Å². The van der Waals surface area contributed by atoms with Crippen LogP contribution in [0, 0.1) is 0 Å². The zero-order chi connectivity index (χ0) is 26.3. The van der Waals surface area contributed by atoms with Crippen LogP contribution in [-0.2, 0) is 0 Å². The summed E-state index contributed by atoms with van der Waals surface area (Å²) in [4.78, 5) is 46.1. The smallest absolute Gasteiger partial charge is 0.258 e. The highest BCUT2D eigenvalue weighted by Gasteiger charge is 2.28. The molecule has 0 aliphatic carbocycles. The lowest BCUT2D eigenvalue weighted by molar-refractivity contribution is 0.0950. The molecule has 6 heterocycles. The van der Waals surface area contributed by atoms with Crippen LogP contribution in [0.15, 0.2) is 71.9 Å². The fraction of sp³-hybridized carbons (Fsp3) is 0.276. The van der Waals surface area contributed by atoms with Crippen LogP contribution in [0.5, 0.6) is 0 Å². The Hall–Kier alpha value is -4.15. The number of carbonyl (C=O) groups is 1. The molecule has 39 heavy (non-hydrogen) atoms. The molecule has 0 saturated carbocycles. The maximum atomic E-state index is 13.8. The highest BCUT2D eigenvalue weighted by atomic mass is 32.1. The van der Waals surface area contributed by atoms with Crippen molar-refractivity contribution in [1.29, 1.82) is 0 Å². The third kappa shape index (κ3) is 4.25. The normalized spacial score (nSPS) is 17.6. The van der Waals surface area contributed by atoms with E-state index in [0.29, 0.717) is 22.4 Å². The maximum Gasteiger partial charge on any atom is 0.258 e. The molecule has 1 aromatic carbocycles. The molecule has 1 unspecified atom stereocenters. The molecule has 2 aliphatic rings. The first-order valence-corrected chi connectivity index (χ1v) is 14.0. The second-order valence-electron chi connectivity index (χ2n) is 10.0. The quantitative estimate of drug-likeness (QED) is 0.332. The van der Waals surface area contributed by atoms with E-state index in [1.807, 2.05) is 47.0 Å². The van der Waals surface area contributed by atoms with Crippen molar-refractivity contribution in [3.63, 3.8) is 0 Å². The average molecular weight is 538 g/mol. The molecular weight excluding hydrogens is 510 g/mol. The first kappa shape index (κ1) is 23.9. The summed E-state index contributed by atoms with van der Waals surface area (Å²) in [5, 5.41) is 3.43. The van der Waals surface area contributed by atoms with Gasteiger partial charge in [0, 0.05) is 63.8 Å². The molecule has 2 aliphatic heterocycles. The summed E-state index contributed by atoms with van der Waals surface area (Å²) in [6.07, 6.45) is 10.5. The zero-order valence-electron chi connectivity index (χ0n) is 21.3. The van der Waals surface area contributed by atoms with Crippen molar-refractivity contribution in [2.45, 2.75) is 12.3 Å². The van der Waals surface area contributed by atoms with E-state index in [1.165, 1.54) is 11.3 Å². The van der Waals surface area contributed by atoms with Gasteiger partial charge in [0.1, 0.15) is 16.2 Å². The molecule has 196 valence electrons. The van der Waals surface area contributed by atoms with Gasteiger partial charge in [-0.15, -0.1) is 11.3 Å². The summed E-state index contributed by atoms with van der Waals surface area (Å²) < 4.78 is 2.98. The minimum Gasteiger partial charge on any atom is -0.356 e. The van der Waals surface area contributed by atoms with Crippen LogP contribution in [0.25, 0.3) is 26.1 Å². The summed E-state index contributed by atoms with van der Waals surface area (Å²) in [7, 11) is 0. The van der Waals surface area contributed by atoms with Gasteiger partial charge in [0.05, 0.1) is 21.3 Å². The fourth-order valence-corrected chi connectivity index (χ4v) is 6.79. The number of anilines is 1. The summed E-state index contributed by atoms with van der Waals surface area (Å²) >= 11 is 1.45. The van der Waals surface area contributed by atoms with Crippen LogP contribution in [-0.4, -0.2) is 69.4 Å². The largest absolute Gasteiger partial charge is 0.356 e. The van der Waals surface area contributed by atoms with Gasteiger partial charge in [0.15, 0.2) is 5.65 Å². The van der Waals surface area contributed by atoms with Crippen LogP contribution in [0.3, 0.4) is 0 Å². The van der Waals surface area contributed by atoms with Gasteiger partial charge in [0.25, 0.3) is 5.91 Å². The van der Waals surface area contributed by atoms with Gasteiger partial charge in [0.2, 0.25) is 5.43 Å². The molecule has 5 aromatic rings. The van der Waals surface area contributed by atoms with Crippen LogP contribution in [0.4, 0.5) is 5.82 Å². The number of carbonyl (C=O) groups excluding carboxylic acids is 1. The molecule has 0 radical (unpaired) electrons. The number of pyridine rings is 2. The highest BCUT2D eigenvalue weighted by molar-refractivity contribution is 7.24. The second kappa shape index (κ2) is 9.87. The van der Waals surface area contributed by atoms with Gasteiger partial charge in [-0.2, -0.15) is 0 Å². The van der Waals surface area contributed by atoms with Gasteiger partial charge in [-0.05, 0) is 30.7 Å². The monoisotopic (exact) mass is 537 g/mol. The lowest BCUT2D eigenvalue weighted by Crippen LogP contribution is -2.36. The van der Waals surface area contributed by atoms with Gasteiger partial charge in [-0.25, -0.2) is 4.98 Å². The van der Waals surface area contributed by atoms with Crippen molar-refractivity contribution < 1.29 is 4.79 Å². The Morgan fingerprint density at radius 1 is 1.10 bits per heavy atom. The number of thiazole rings is 1. The lowest BCUT2D eigenvalue weighted by atomic mass is 10.1. The predicted octanol–water partition coefficient (Wildman–Crippen LogP) is 3.45. The molecule has 4 aromatic heterocycles. The molecular formula is C29H27N7O2S. The molecule has 1 atom stereocenters. The molecule has 7 rings (SSSR count). The van der Waals surface area contributed by atoms with Crippen molar-refractivity contribution in [2.24, 2.45) is 0 Å². The number of rotatable bonds is 6. The van der Waals surface area contributed by atoms with E-state index in [2.05, 4.69) is 37.2 Å². The van der Waals surface area contributed by atoms with E-state index in [-0.39, 0.29) is 22.8 Å². The Balaban J connectivity index is 1.29. The van der Waals surface area contributed by atoms with Crippen molar-refractivity contribution in [1.82, 2.24) is 29.6 Å². The Bertz CT molecular complexity index is 1790. The number of nitrogens with one attached hydrogen (secondary N) is 1. The Kier molecular flexibility index (Phi) is 6.05. The molecule has 9 nitrogen and oxygen atoms in total. The molecule has 1 N–H and O–H groups in total. The van der Waals surface area contributed by atoms with E-state index in [1.54, 1.807) is 12.4 Å². The minimum atomic E-state index is -0.339. The van der Waals surface area contributed by atoms with Gasteiger partial charge in [-0.3, -0.25) is 28.9 Å². The van der Waals surface area contributed by atoms with Crippen molar-refractivity contribution >= 4 is 49.1 Å². The zero-order valence-corrected chi connectivity index (χ0v) is 22.1. The molecule has 1 amide bonds. The molecule has 0 spiro atoms. The maximum absolute atomic E-state index is 13.8. The Labute approximate surface area is 228 Å². The average Bonchev–Trinajstić information content (AvgIpc) is 3.74. The Morgan fingerprint density at radius 2 is 1.97 bits per heavy atom. The van der Waals surface area contributed by atoms with Gasteiger partial charge < -0.3 is 10.2 Å². The SMILES string of the molecule is O=C(NCCN1CC=CC1)c1c(=O)c2ccc(N3CCC(c4cnccn4)C3)nc2n2c1sc1ccccc12. The molecule has 0 bridgehead atoms. The number of hydrogen-bond donors (Lipinski definition) is 1. The van der Waals surface area contributed by atoms with Crippen LogP contribution in [0.1, 0.15) is 28.4 Å². The standard InChI is InChI=1S/C29H27N7O2S/c37-26-20-7-8-24(35-15-9-19(18-35)21-17-30-10-11-31-21)33-27(20)36-22-5-1-2-6-23(22)39-29(36)25(26)28(38)32-12-16-34-13-3-4-14-34/h1-8,10-11,17,19H,9,12-16,18H2,(H,32,38). The topological polar surface area (TPSA) is 95.7 Å². The third-order valence-electron chi connectivity index (χ3n) is 7.62. The number of nitrogens with zero attached hydrogens (tertiary/aromatic N) is 6. The lowest BCUT2D eigenvalue weighted by Gasteiger charge is -2.18. The fourth-order valence-electron chi connectivity index (χ4n) is 5.61. The van der Waals surface area contributed by atoms with E-state index in [0.717, 1.165) is 60.9 Å². The van der Waals surface area contributed by atoms with E-state index in [9.17, 15) is 9.59 Å². The Morgan fingerprint density at radius 3 is 2.82 bits per heavy atom. The van der Waals surface area contributed by atoms with Crippen molar-refractivity contribution in [2.75, 3.05) is 44.2 Å². The summed E-state index contributed by atoms with van der Waals surface area (Å²) in [5.74, 6) is 0.755. The van der Waals surface area contributed by atoms with E-state index < -0.39 is 0 Å². The van der Waals surface area contributed by atoms with Crippen LogP contribution < -0.4 is 15.6 Å². The first-order valence-electron chi connectivity index (χ1n) is 13.2. The molecule has 10 heteroatoms. The van der Waals surface area contributed by atoms with Crippen LogP contribution >= 0.6 is 11.3 Å². The summed E-state index contributed by atoms with van der Waals surface area (Å²) in [6.45, 7) is 4.62. The number of aromatic nitrogens is 4. The van der Waals surface area contributed by atoms with E-state index >= 15 is 0 Å². The van der Waals surface area contributed by atoms with Crippen LogP contribution in [0.2, 0.25) is 0 Å². The highest BCUT2D eigenvalue weighted by Crippen LogP contribution is 2.33. The summed E-state index contributed by atoms with van der Waals surface area (Å²) in [6, 6.07) is 11.7. The minimum absolute atomic E-state index is 0.182. The van der Waals surface area contributed by atoms with Crippen molar-refractivity contribution in [3.8, 4) is 0 Å². The third-order valence-corrected chi connectivity index (χ3v) is 8.77.